The van der Waals surface area contributed by atoms with Crippen LogP contribution in [0.25, 0.3) is 0 Å². The summed E-state index contributed by atoms with van der Waals surface area (Å²) >= 11 is 0. The molecular weight excluding hydrogens is 266 g/mol. The van der Waals surface area contributed by atoms with Gasteiger partial charge < -0.3 is 15.8 Å². The van der Waals surface area contributed by atoms with E-state index in [1.54, 1.807) is 24.5 Å². The zero-order valence-electron chi connectivity index (χ0n) is 11.8. The number of hydrogen-bond donors (Lipinski definition) is 2. The number of carbonyl (C=O) groups is 1. The van der Waals surface area contributed by atoms with Gasteiger partial charge in [-0.15, -0.1) is 0 Å². The van der Waals surface area contributed by atoms with Crippen molar-refractivity contribution in [2.24, 2.45) is 0 Å². The smallest absolute Gasteiger partial charge is 0.223 e. The van der Waals surface area contributed by atoms with Crippen molar-refractivity contribution in [1.29, 1.82) is 0 Å². The third-order valence-electron chi connectivity index (χ3n) is 2.96. The molecule has 5 heteroatoms. The minimum Gasteiger partial charge on any atom is -0.491 e. The molecule has 2 rings (SSSR count). The first-order chi connectivity index (χ1) is 10.3. The number of para-hydroxylation sites is 2. The molecule has 0 saturated heterocycles. The second-order valence-electron chi connectivity index (χ2n) is 4.60. The molecule has 0 aliphatic heterocycles. The fourth-order valence-corrected chi connectivity index (χ4v) is 1.85. The number of pyridine rings is 1. The van der Waals surface area contributed by atoms with Crippen molar-refractivity contribution >= 4 is 11.6 Å². The molecule has 0 unspecified atom stereocenters. The van der Waals surface area contributed by atoms with Crippen LogP contribution in [0.15, 0.2) is 48.8 Å². The van der Waals surface area contributed by atoms with Gasteiger partial charge in [0.15, 0.2) is 0 Å². The maximum absolute atomic E-state index is 11.7. The summed E-state index contributed by atoms with van der Waals surface area (Å²) < 4.78 is 5.48. The zero-order chi connectivity index (χ0) is 14.9. The Labute approximate surface area is 124 Å². The number of nitrogens with zero attached hydrogens (tertiary/aromatic N) is 1. The number of anilines is 1. The Kier molecular flexibility index (Phi) is 5.58. The molecule has 0 fully saturated rings. The SMILES string of the molecule is Nc1ccccc1OCCC(=O)NCCc1cccnc1. The van der Waals surface area contributed by atoms with Crippen molar-refractivity contribution in [3.8, 4) is 5.75 Å². The number of nitrogens with two attached hydrogens (primary N) is 1. The number of nitrogens with one attached hydrogen (secondary N) is 1. The second-order valence-corrected chi connectivity index (χ2v) is 4.60. The lowest BCUT2D eigenvalue weighted by Crippen LogP contribution is -2.27. The molecule has 3 N–H and O–H groups in total. The molecular formula is C16H19N3O2. The van der Waals surface area contributed by atoms with Gasteiger partial charge in [-0.2, -0.15) is 0 Å². The van der Waals surface area contributed by atoms with Crippen LogP contribution in [-0.4, -0.2) is 24.0 Å². The first kappa shape index (κ1) is 14.8. The van der Waals surface area contributed by atoms with E-state index >= 15 is 0 Å². The molecule has 1 aromatic carbocycles. The highest BCUT2D eigenvalue weighted by molar-refractivity contribution is 5.76. The lowest BCUT2D eigenvalue weighted by atomic mass is 10.2. The fraction of sp³-hybridized carbons (Fsp3) is 0.250. The van der Waals surface area contributed by atoms with Crippen molar-refractivity contribution in [3.63, 3.8) is 0 Å². The minimum absolute atomic E-state index is 0.0339. The molecule has 0 atom stereocenters. The first-order valence-electron chi connectivity index (χ1n) is 6.88. The maximum Gasteiger partial charge on any atom is 0.223 e. The highest BCUT2D eigenvalue weighted by atomic mass is 16.5. The molecule has 0 bridgehead atoms. The minimum atomic E-state index is -0.0339. The zero-order valence-corrected chi connectivity index (χ0v) is 11.8. The van der Waals surface area contributed by atoms with Crippen LogP contribution in [0, 0.1) is 0 Å². The van der Waals surface area contributed by atoms with Gasteiger partial charge in [-0.1, -0.05) is 18.2 Å². The van der Waals surface area contributed by atoms with Crippen LogP contribution < -0.4 is 15.8 Å². The molecule has 0 radical (unpaired) electrons. The number of rotatable bonds is 7. The van der Waals surface area contributed by atoms with Crippen molar-refractivity contribution in [3.05, 3.63) is 54.4 Å². The third-order valence-corrected chi connectivity index (χ3v) is 2.96. The number of benzene rings is 1. The standard InChI is InChI=1S/C16H19N3O2/c17-14-5-1-2-6-15(14)21-11-8-16(20)19-10-7-13-4-3-9-18-12-13/h1-6,9,12H,7-8,10-11,17H2,(H,19,20). The number of carbonyl (C=O) groups excluding carboxylic acids is 1. The van der Waals surface area contributed by atoms with Gasteiger partial charge >= 0.3 is 0 Å². The largest absolute Gasteiger partial charge is 0.491 e. The molecule has 110 valence electrons. The highest BCUT2D eigenvalue weighted by Crippen LogP contribution is 2.19. The van der Waals surface area contributed by atoms with E-state index < -0.39 is 0 Å². The Morgan fingerprint density at radius 1 is 1.24 bits per heavy atom. The third kappa shape index (κ3) is 5.14. The van der Waals surface area contributed by atoms with Crippen molar-refractivity contribution in [2.75, 3.05) is 18.9 Å². The summed E-state index contributed by atoms with van der Waals surface area (Å²) in [6.07, 6.45) is 4.61. The Balaban J connectivity index is 1.63. The predicted octanol–water partition coefficient (Wildman–Crippen LogP) is 1.79. The van der Waals surface area contributed by atoms with E-state index in [2.05, 4.69) is 10.3 Å². The fourth-order valence-electron chi connectivity index (χ4n) is 1.85. The van der Waals surface area contributed by atoms with Gasteiger partial charge in [0.1, 0.15) is 5.75 Å². The van der Waals surface area contributed by atoms with Gasteiger partial charge in [0, 0.05) is 18.9 Å². The normalized spacial score (nSPS) is 10.1. The molecule has 0 aliphatic carbocycles. The van der Waals surface area contributed by atoms with E-state index in [0.29, 0.717) is 31.0 Å². The molecule has 0 saturated carbocycles. The van der Waals surface area contributed by atoms with Crippen LogP contribution in [-0.2, 0) is 11.2 Å². The quantitative estimate of drug-likeness (QED) is 0.760. The van der Waals surface area contributed by atoms with Gasteiger partial charge in [-0.05, 0) is 30.2 Å². The first-order valence-corrected chi connectivity index (χ1v) is 6.88. The van der Waals surface area contributed by atoms with E-state index in [-0.39, 0.29) is 5.91 Å². The summed E-state index contributed by atoms with van der Waals surface area (Å²) in [5.74, 6) is 0.578. The van der Waals surface area contributed by atoms with Gasteiger partial charge in [-0.25, -0.2) is 0 Å². The number of hydrogen-bond acceptors (Lipinski definition) is 4. The topological polar surface area (TPSA) is 77.2 Å². The predicted molar refractivity (Wildman–Crippen MR) is 81.9 cm³/mol. The molecule has 21 heavy (non-hydrogen) atoms. The van der Waals surface area contributed by atoms with Crippen LogP contribution in [0.1, 0.15) is 12.0 Å². The molecule has 5 nitrogen and oxygen atoms in total. The van der Waals surface area contributed by atoms with Crippen LogP contribution in [0.4, 0.5) is 5.69 Å². The molecule has 1 aromatic heterocycles. The summed E-state index contributed by atoms with van der Waals surface area (Å²) in [6.45, 7) is 0.908. The average molecular weight is 285 g/mol. The number of ether oxygens (including phenoxy) is 1. The van der Waals surface area contributed by atoms with E-state index in [0.717, 1.165) is 12.0 Å². The summed E-state index contributed by atoms with van der Waals surface area (Å²) in [4.78, 5) is 15.7. The molecule has 0 spiro atoms. The van der Waals surface area contributed by atoms with E-state index in [1.165, 1.54) is 0 Å². The average Bonchev–Trinajstić information content (AvgIpc) is 2.50. The molecule has 1 amide bonds. The summed E-state index contributed by atoms with van der Waals surface area (Å²) in [7, 11) is 0. The number of aromatic nitrogens is 1. The van der Waals surface area contributed by atoms with Gasteiger partial charge in [0.2, 0.25) is 5.91 Å². The van der Waals surface area contributed by atoms with E-state index in [4.69, 9.17) is 10.5 Å². The highest BCUT2D eigenvalue weighted by Gasteiger charge is 2.03. The maximum atomic E-state index is 11.7. The Bertz CT molecular complexity index is 573. The van der Waals surface area contributed by atoms with Crippen LogP contribution in [0.5, 0.6) is 5.75 Å². The van der Waals surface area contributed by atoms with Crippen LogP contribution in [0.3, 0.4) is 0 Å². The van der Waals surface area contributed by atoms with Gasteiger partial charge in [0.25, 0.3) is 0 Å². The van der Waals surface area contributed by atoms with Crippen LogP contribution in [0.2, 0.25) is 0 Å². The van der Waals surface area contributed by atoms with Crippen molar-refractivity contribution in [1.82, 2.24) is 10.3 Å². The van der Waals surface area contributed by atoms with E-state index in [1.807, 2.05) is 24.3 Å². The van der Waals surface area contributed by atoms with Crippen molar-refractivity contribution in [2.45, 2.75) is 12.8 Å². The van der Waals surface area contributed by atoms with E-state index in [9.17, 15) is 4.79 Å². The Hall–Kier alpha value is -2.56. The molecule has 2 aromatic rings. The van der Waals surface area contributed by atoms with Crippen LogP contribution >= 0.6 is 0 Å². The number of amides is 1. The second kappa shape index (κ2) is 7.89. The van der Waals surface area contributed by atoms with Gasteiger partial charge in [-0.3, -0.25) is 9.78 Å². The summed E-state index contributed by atoms with van der Waals surface area (Å²) in [5.41, 5.74) is 7.43. The molecule has 1 heterocycles. The lowest BCUT2D eigenvalue weighted by molar-refractivity contribution is -0.121. The Morgan fingerprint density at radius 3 is 2.86 bits per heavy atom. The Morgan fingerprint density at radius 2 is 2.10 bits per heavy atom. The van der Waals surface area contributed by atoms with Crippen molar-refractivity contribution < 1.29 is 9.53 Å². The summed E-state index contributed by atoms with van der Waals surface area (Å²) in [5, 5.41) is 2.85. The number of nitrogen functional groups attached to an aromatic ring is 1. The molecule has 0 aliphatic rings. The lowest BCUT2D eigenvalue weighted by Gasteiger charge is -2.09. The summed E-state index contributed by atoms with van der Waals surface area (Å²) in [6, 6.07) is 11.1. The monoisotopic (exact) mass is 285 g/mol. The van der Waals surface area contributed by atoms with Gasteiger partial charge in [0.05, 0.1) is 18.7 Å².